The number of esters is 1. The van der Waals surface area contributed by atoms with Gasteiger partial charge in [-0.25, -0.2) is 0 Å². The molecule has 82 valence electrons. The van der Waals surface area contributed by atoms with Crippen LogP contribution in [0.4, 0.5) is 0 Å². The second-order valence-corrected chi connectivity index (χ2v) is 3.76. The van der Waals surface area contributed by atoms with Crippen molar-refractivity contribution in [2.45, 2.75) is 31.7 Å². The Labute approximate surface area is 85.0 Å². The second-order valence-electron chi connectivity index (χ2n) is 3.76. The maximum atomic E-state index is 11.2. The lowest BCUT2D eigenvalue weighted by Crippen LogP contribution is -2.48. The summed E-state index contributed by atoms with van der Waals surface area (Å²) >= 11 is 0. The van der Waals surface area contributed by atoms with Crippen LogP contribution in [0.2, 0.25) is 0 Å². The molecule has 1 fully saturated rings. The van der Waals surface area contributed by atoms with Crippen LogP contribution in [-0.4, -0.2) is 38.4 Å². The molecule has 0 radical (unpaired) electrons. The molecular weight excluding hydrogens is 182 g/mol. The number of hydrogen-bond acceptors (Lipinski definition) is 4. The largest absolute Gasteiger partial charge is 0.469 e. The molecule has 0 spiro atoms. The maximum absolute atomic E-state index is 11.2. The Kier molecular flexibility index (Phi) is 4.35. The molecule has 4 heteroatoms. The third-order valence-electron chi connectivity index (χ3n) is 2.56. The van der Waals surface area contributed by atoms with Crippen molar-refractivity contribution in [1.29, 1.82) is 0 Å². The van der Waals surface area contributed by atoms with Gasteiger partial charge in [-0.3, -0.25) is 4.79 Å². The summed E-state index contributed by atoms with van der Waals surface area (Å²) in [5.74, 6) is -0.167. The molecule has 1 atom stereocenters. The maximum Gasteiger partial charge on any atom is 0.307 e. The van der Waals surface area contributed by atoms with Crippen LogP contribution in [0.3, 0.4) is 0 Å². The van der Waals surface area contributed by atoms with Crippen molar-refractivity contribution >= 4 is 5.97 Å². The first-order valence-electron chi connectivity index (χ1n) is 5.12. The fraction of sp³-hybridized carbons (Fsp3) is 0.900. The first-order valence-corrected chi connectivity index (χ1v) is 5.12. The van der Waals surface area contributed by atoms with E-state index in [4.69, 9.17) is 4.74 Å². The molecule has 0 aliphatic carbocycles. The Hall–Kier alpha value is -0.610. The van der Waals surface area contributed by atoms with E-state index in [1.165, 1.54) is 7.11 Å². The molecule has 1 heterocycles. The SMILES string of the molecule is CCCNC1(CC(=O)OC)CCOC1. The van der Waals surface area contributed by atoms with E-state index in [1.807, 2.05) is 0 Å². The Balaban J connectivity index is 2.48. The molecule has 1 unspecified atom stereocenters. The number of ether oxygens (including phenoxy) is 2. The molecule has 4 nitrogen and oxygen atoms in total. The van der Waals surface area contributed by atoms with E-state index in [0.717, 1.165) is 26.0 Å². The fourth-order valence-corrected chi connectivity index (χ4v) is 1.69. The normalized spacial score (nSPS) is 26.4. The van der Waals surface area contributed by atoms with Gasteiger partial charge in [0.2, 0.25) is 0 Å². The van der Waals surface area contributed by atoms with E-state index in [9.17, 15) is 4.79 Å². The predicted octanol–water partition coefficient (Wildman–Crippen LogP) is 0.708. The zero-order chi connectivity index (χ0) is 10.4. The van der Waals surface area contributed by atoms with Crippen LogP contribution >= 0.6 is 0 Å². The Morgan fingerprint density at radius 3 is 2.93 bits per heavy atom. The highest BCUT2D eigenvalue weighted by Crippen LogP contribution is 2.22. The van der Waals surface area contributed by atoms with Gasteiger partial charge in [0.25, 0.3) is 0 Å². The summed E-state index contributed by atoms with van der Waals surface area (Å²) in [6, 6.07) is 0. The van der Waals surface area contributed by atoms with Gasteiger partial charge in [-0.2, -0.15) is 0 Å². The van der Waals surface area contributed by atoms with Crippen LogP contribution in [0.1, 0.15) is 26.2 Å². The van der Waals surface area contributed by atoms with Gasteiger partial charge in [-0.05, 0) is 19.4 Å². The molecular formula is C10H19NO3. The van der Waals surface area contributed by atoms with Crippen molar-refractivity contribution in [3.8, 4) is 0 Å². The highest BCUT2D eigenvalue weighted by Gasteiger charge is 2.36. The molecule has 1 aliphatic rings. The minimum absolute atomic E-state index is 0.167. The van der Waals surface area contributed by atoms with Crippen molar-refractivity contribution in [2.75, 3.05) is 26.9 Å². The zero-order valence-electron chi connectivity index (χ0n) is 8.97. The lowest BCUT2D eigenvalue weighted by atomic mass is 9.94. The average molecular weight is 201 g/mol. The smallest absolute Gasteiger partial charge is 0.307 e. The van der Waals surface area contributed by atoms with Crippen LogP contribution in [-0.2, 0) is 14.3 Å². The third kappa shape index (κ3) is 2.96. The summed E-state index contributed by atoms with van der Waals surface area (Å²) in [6.45, 7) is 4.37. The van der Waals surface area contributed by atoms with E-state index in [1.54, 1.807) is 0 Å². The van der Waals surface area contributed by atoms with Crippen molar-refractivity contribution in [1.82, 2.24) is 5.32 Å². The van der Waals surface area contributed by atoms with E-state index >= 15 is 0 Å². The molecule has 14 heavy (non-hydrogen) atoms. The van der Waals surface area contributed by atoms with Crippen LogP contribution in [0.15, 0.2) is 0 Å². The summed E-state index contributed by atoms with van der Waals surface area (Å²) in [5.41, 5.74) is -0.177. The van der Waals surface area contributed by atoms with Crippen LogP contribution in [0, 0.1) is 0 Å². The molecule has 1 N–H and O–H groups in total. The predicted molar refractivity (Wildman–Crippen MR) is 53.1 cm³/mol. The molecule has 1 aliphatic heterocycles. The highest BCUT2D eigenvalue weighted by molar-refractivity contribution is 5.70. The molecule has 1 saturated heterocycles. The molecule has 0 saturated carbocycles. The van der Waals surface area contributed by atoms with Gasteiger partial charge in [0.15, 0.2) is 0 Å². The molecule has 0 aromatic carbocycles. The lowest BCUT2D eigenvalue weighted by molar-refractivity contribution is -0.142. The standard InChI is InChI=1S/C10H19NO3/c1-3-5-11-10(4-6-14-8-10)7-9(12)13-2/h11H,3-8H2,1-2H3. The van der Waals surface area contributed by atoms with Gasteiger partial charge < -0.3 is 14.8 Å². The van der Waals surface area contributed by atoms with Crippen LogP contribution in [0.5, 0.6) is 0 Å². The summed E-state index contributed by atoms with van der Waals surface area (Å²) in [6.07, 6.45) is 2.36. The Morgan fingerprint density at radius 1 is 1.64 bits per heavy atom. The summed E-state index contributed by atoms with van der Waals surface area (Å²) in [5, 5.41) is 3.38. The fourth-order valence-electron chi connectivity index (χ4n) is 1.69. The minimum Gasteiger partial charge on any atom is -0.469 e. The Morgan fingerprint density at radius 2 is 2.43 bits per heavy atom. The van der Waals surface area contributed by atoms with Crippen molar-refractivity contribution in [3.05, 3.63) is 0 Å². The Bertz CT molecular complexity index is 188. The average Bonchev–Trinajstić information content (AvgIpc) is 2.64. The lowest BCUT2D eigenvalue weighted by Gasteiger charge is -2.27. The van der Waals surface area contributed by atoms with E-state index in [2.05, 4.69) is 17.0 Å². The summed E-state index contributed by atoms with van der Waals surface area (Å²) < 4.78 is 10.0. The summed E-state index contributed by atoms with van der Waals surface area (Å²) in [4.78, 5) is 11.2. The molecule has 0 aromatic heterocycles. The van der Waals surface area contributed by atoms with E-state index in [0.29, 0.717) is 13.0 Å². The number of hydrogen-bond donors (Lipinski definition) is 1. The first kappa shape index (κ1) is 11.5. The van der Waals surface area contributed by atoms with Gasteiger partial charge in [0.05, 0.1) is 25.7 Å². The number of nitrogens with one attached hydrogen (secondary N) is 1. The third-order valence-corrected chi connectivity index (χ3v) is 2.56. The van der Waals surface area contributed by atoms with Gasteiger partial charge >= 0.3 is 5.97 Å². The van der Waals surface area contributed by atoms with Crippen molar-refractivity contribution in [2.24, 2.45) is 0 Å². The first-order chi connectivity index (χ1) is 6.72. The highest BCUT2D eigenvalue weighted by atomic mass is 16.5. The van der Waals surface area contributed by atoms with Gasteiger partial charge in [-0.15, -0.1) is 0 Å². The quantitative estimate of drug-likeness (QED) is 0.665. The van der Waals surface area contributed by atoms with Crippen molar-refractivity contribution < 1.29 is 14.3 Å². The monoisotopic (exact) mass is 201 g/mol. The minimum atomic E-state index is -0.177. The van der Waals surface area contributed by atoms with Gasteiger partial charge in [0, 0.05) is 6.61 Å². The number of rotatable bonds is 5. The molecule has 1 rings (SSSR count). The molecule has 0 amide bonds. The zero-order valence-corrected chi connectivity index (χ0v) is 8.97. The van der Waals surface area contributed by atoms with E-state index in [-0.39, 0.29) is 11.5 Å². The topological polar surface area (TPSA) is 47.6 Å². The number of carbonyl (C=O) groups is 1. The van der Waals surface area contributed by atoms with Crippen LogP contribution < -0.4 is 5.32 Å². The van der Waals surface area contributed by atoms with Gasteiger partial charge in [-0.1, -0.05) is 6.92 Å². The molecule has 0 bridgehead atoms. The van der Waals surface area contributed by atoms with Gasteiger partial charge in [0.1, 0.15) is 0 Å². The van der Waals surface area contributed by atoms with Crippen molar-refractivity contribution in [3.63, 3.8) is 0 Å². The number of methoxy groups -OCH3 is 1. The number of carbonyl (C=O) groups excluding carboxylic acids is 1. The van der Waals surface area contributed by atoms with E-state index < -0.39 is 0 Å². The molecule has 0 aromatic rings. The van der Waals surface area contributed by atoms with Crippen LogP contribution in [0.25, 0.3) is 0 Å². The second kappa shape index (κ2) is 5.32. The summed E-state index contributed by atoms with van der Waals surface area (Å²) in [7, 11) is 1.42.